The summed E-state index contributed by atoms with van der Waals surface area (Å²) in [6.45, 7) is 6.10. The zero-order valence-corrected chi connectivity index (χ0v) is 9.94. The van der Waals surface area contributed by atoms with Gasteiger partial charge in [0.15, 0.2) is 0 Å². The predicted molar refractivity (Wildman–Crippen MR) is 60.6 cm³/mol. The van der Waals surface area contributed by atoms with Crippen LogP contribution in [0.25, 0.3) is 0 Å². The molecule has 94 valence electrons. The third-order valence-corrected chi connectivity index (χ3v) is 4.04. The molecule has 0 aromatic heterocycles. The molecule has 2 heterocycles. The first-order chi connectivity index (χ1) is 7.99. The molecule has 0 radical (unpaired) electrons. The summed E-state index contributed by atoms with van der Waals surface area (Å²) in [6.07, 6.45) is 2.93. The smallest absolute Gasteiger partial charge is 0.411 e. The number of carboxylic acid groups (broad SMARTS) is 1. The number of aliphatic carboxylic acids is 1. The van der Waals surface area contributed by atoms with Crippen molar-refractivity contribution in [1.29, 1.82) is 0 Å². The average molecular weight is 239 g/mol. The number of hydrogen-bond donors (Lipinski definition) is 1. The van der Waals surface area contributed by atoms with Gasteiger partial charge in [-0.1, -0.05) is 19.6 Å². The van der Waals surface area contributed by atoms with Crippen molar-refractivity contribution in [3.05, 3.63) is 12.7 Å². The third-order valence-electron chi connectivity index (χ3n) is 4.04. The van der Waals surface area contributed by atoms with E-state index in [4.69, 9.17) is 4.74 Å². The topological polar surface area (TPSA) is 66.8 Å². The molecule has 5 nitrogen and oxygen atoms in total. The van der Waals surface area contributed by atoms with Gasteiger partial charge in [-0.05, 0) is 24.7 Å². The Bertz CT molecular complexity index is 371. The number of carboxylic acids is 1. The number of carbonyl (C=O) groups excluding carboxylic acids is 1. The molecule has 2 saturated heterocycles. The number of nitrogens with zero attached hydrogens (tertiary/aromatic N) is 1. The second-order valence-corrected chi connectivity index (χ2v) is 5.00. The van der Waals surface area contributed by atoms with Gasteiger partial charge in [-0.15, -0.1) is 0 Å². The van der Waals surface area contributed by atoms with Crippen molar-refractivity contribution < 1.29 is 19.4 Å². The van der Waals surface area contributed by atoms with Crippen molar-refractivity contribution in [2.45, 2.75) is 31.7 Å². The molecule has 1 amide bonds. The van der Waals surface area contributed by atoms with Crippen LogP contribution in [0.4, 0.5) is 4.79 Å². The molecular formula is C12H17NO4. The highest BCUT2D eigenvalue weighted by Crippen LogP contribution is 2.61. The second-order valence-electron chi connectivity index (χ2n) is 5.00. The van der Waals surface area contributed by atoms with Crippen molar-refractivity contribution in [3.63, 3.8) is 0 Å². The largest absolute Gasteiger partial charge is 0.479 e. The van der Waals surface area contributed by atoms with E-state index in [1.165, 1.54) is 11.0 Å². The predicted octanol–water partition coefficient (Wildman–Crippen LogP) is 1.64. The molecule has 0 spiro atoms. The van der Waals surface area contributed by atoms with Gasteiger partial charge in [0.1, 0.15) is 12.1 Å². The lowest BCUT2D eigenvalue weighted by Crippen LogP contribution is -2.56. The molecule has 3 rings (SSSR count). The Balaban J connectivity index is 2.15. The fourth-order valence-corrected chi connectivity index (χ4v) is 3.05. The number of amides is 1. The molecule has 0 unspecified atom stereocenters. The summed E-state index contributed by atoms with van der Waals surface area (Å²) in [5.74, 6) is -0.922. The van der Waals surface area contributed by atoms with E-state index in [-0.39, 0.29) is 12.0 Å². The molecule has 0 atom stereocenters. The Morgan fingerprint density at radius 3 is 2.65 bits per heavy atom. The summed E-state index contributed by atoms with van der Waals surface area (Å²) in [4.78, 5) is 24.5. The number of fused-ring (bicyclic) bond motifs is 1. The minimum atomic E-state index is -1.02. The van der Waals surface area contributed by atoms with Gasteiger partial charge in [0.25, 0.3) is 0 Å². The lowest BCUT2D eigenvalue weighted by molar-refractivity contribution is -0.154. The van der Waals surface area contributed by atoms with Crippen molar-refractivity contribution in [1.82, 2.24) is 4.90 Å². The fraction of sp³-hybridized carbons (Fsp3) is 0.667. The monoisotopic (exact) mass is 239 g/mol. The van der Waals surface area contributed by atoms with Crippen LogP contribution in [0, 0.1) is 5.41 Å². The van der Waals surface area contributed by atoms with Gasteiger partial charge in [-0.2, -0.15) is 0 Å². The Labute approximate surface area is 100 Å². The van der Waals surface area contributed by atoms with Gasteiger partial charge in [-0.25, -0.2) is 9.59 Å². The molecule has 1 saturated carbocycles. The van der Waals surface area contributed by atoms with Crippen LogP contribution >= 0.6 is 0 Å². The van der Waals surface area contributed by atoms with E-state index in [0.29, 0.717) is 19.4 Å². The molecule has 5 heteroatoms. The van der Waals surface area contributed by atoms with Gasteiger partial charge in [0, 0.05) is 6.54 Å². The minimum absolute atomic E-state index is 0.00834. The molecule has 3 fully saturated rings. The first kappa shape index (κ1) is 12.0. The second kappa shape index (κ2) is 3.75. The van der Waals surface area contributed by atoms with Gasteiger partial charge in [-0.3, -0.25) is 4.90 Å². The Morgan fingerprint density at radius 2 is 2.18 bits per heavy atom. The van der Waals surface area contributed by atoms with Gasteiger partial charge >= 0.3 is 12.1 Å². The number of hydrogen-bond acceptors (Lipinski definition) is 3. The third kappa shape index (κ3) is 1.52. The summed E-state index contributed by atoms with van der Waals surface area (Å²) in [5.41, 5.74) is -1.03. The van der Waals surface area contributed by atoms with Crippen molar-refractivity contribution in [2.24, 2.45) is 5.41 Å². The Morgan fingerprint density at radius 1 is 1.53 bits per heavy atom. The van der Waals surface area contributed by atoms with Crippen LogP contribution in [0.5, 0.6) is 0 Å². The van der Waals surface area contributed by atoms with Crippen LogP contribution in [0.15, 0.2) is 12.7 Å². The molecule has 17 heavy (non-hydrogen) atoms. The first-order valence-corrected chi connectivity index (χ1v) is 5.78. The summed E-state index contributed by atoms with van der Waals surface area (Å²) >= 11 is 0. The molecule has 2 aliphatic heterocycles. The molecule has 1 aliphatic carbocycles. The van der Waals surface area contributed by atoms with Gasteiger partial charge in [0.05, 0.1) is 0 Å². The highest BCUT2D eigenvalue weighted by atomic mass is 16.6. The van der Waals surface area contributed by atoms with E-state index in [1.54, 1.807) is 0 Å². The van der Waals surface area contributed by atoms with E-state index in [0.717, 1.165) is 6.42 Å². The van der Waals surface area contributed by atoms with Crippen LogP contribution in [0.3, 0.4) is 0 Å². The Kier molecular flexibility index (Phi) is 2.64. The normalized spacial score (nSPS) is 34.1. The fourth-order valence-electron chi connectivity index (χ4n) is 3.05. The minimum Gasteiger partial charge on any atom is -0.479 e. The van der Waals surface area contributed by atoms with Gasteiger partial charge in [0.2, 0.25) is 0 Å². The van der Waals surface area contributed by atoms with E-state index >= 15 is 0 Å². The summed E-state index contributed by atoms with van der Waals surface area (Å²) in [6, 6.07) is 0. The lowest BCUT2D eigenvalue weighted by Gasteiger charge is -2.43. The van der Waals surface area contributed by atoms with Crippen LogP contribution in [0.2, 0.25) is 0 Å². The highest BCUT2D eigenvalue weighted by molar-refractivity contribution is 5.87. The molecule has 3 aliphatic rings. The zero-order chi connectivity index (χ0) is 12.7. The van der Waals surface area contributed by atoms with Crippen molar-refractivity contribution >= 4 is 12.1 Å². The molecule has 0 aromatic carbocycles. The van der Waals surface area contributed by atoms with Gasteiger partial charge < -0.3 is 9.84 Å². The molecule has 1 N–H and O–H groups in total. The number of rotatable bonds is 4. The van der Waals surface area contributed by atoms with Crippen molar-refractivity contribution in [3.8, 4) is 0 Å². The van der Waals surface area contributed by atoms with Crippen LogP contribution in [0.1, 0.15) is 26.2 Å². The van der Waals surface area contributed by atoms with E-state index in [2.05, 4.69) is 6.58 Å². The van der Waals surface area contributed by atoms with Crippen molar-refractivity contribution in [2.75, 3.05) is 13.2 Å². The number of carbonyl (C=O) groups is 2. The highest BCUT2D eigenvalue weighted by Gasteiger charge is 2.70. The molecule has 2 bridgehead atoms. The standard InChI is InChI=1S/C12H17NO4/c1-3-5-17-10(16)13-8-11(4-2)6-12(13,7-11)9(14)15/h3H,1,4-8H2,2H3,(H,14,15). The maximum absolute atomic E-state index is 11.8. The van der Waals surface area contributed by atoms with E-state index in [9.17, 15) is 14.7 Å². The maximum atomic E-state index is 11.8. The Hall–Kier alpha value is -1.52. The van der Waals surface area contributed by atoms with Crippen LogP contribution in [-0.4, -0.2) is 40.8 Å². The quantitative estimate of drug-likeness (QED) is 0.757. The summed E-state index contributed by atoms with van der Waals surface area (Å²) in [7, 11) is 0. The van der Waals surface area contributed by atoms with Crippen LogP contribution in [-0.2, 0) is 9.53 Å². The number of ether oxygens (including phenoxy) is 1. The SMILES string of the molecule is C=CCOC(=O)N1CC2(CC)CC1(C(=O)O)C2. The average Bonchev–Trinajstić information content (AvgIpc) is 2.76. The molecular weight excluding hydrogens is 222 g/mol. The van der Waals surface area contributed by atoms with E-state index < -0.39 is 17.6 Å². The van der Waals surface area contributed by atoms with E-state index in [1.807, 2.05) is 6.92 Å². The molecule has 0 aromatic rings. The maximum Gasteiger partial charge on any atom is 0.411 e. The summed E-state index contributed by atoms with van der Waals surface area (Å²) < 4.78 is 4.94. The summed E-state index contributed by atoms with van der Waals surface area (Å²) in [5, 5.41) is 9.30. The zero-order valence-electron chi connectivity index (χ0n) is 9.94. The lowest BCUT2D eigenvalue weighted by atomic mass is 9.61. The van der Waals surface area contributed by atoms with Crippen LogP contribution < -0.4 is 0 Å². The first-order valence-electron chi connectivity index (χ1n) is 5.78.